The van der Waals surface area contributed by atoms with E-state index in [1.165, 1.54) is 6.07 Å². The number of aliphatic hydroxyl groups is 1. The second kappa shape index (κ2) is 7.51. The Hall–Kier alpha value is -1.97. The Morgan fingerprint density at radius 3 is 2.64 bits per heavy atom. The van der Waals surface area contributed by atoms with Gasteiger partial charge in [-0.1, -0.05) is 23.2 Å². The summed E-state index contributed by atoms with van der Waals surface area (Å²) in [5.74, 6) is -1.85. The van der Waals surface area contributed by atoms with Gasteiger partial charge in [0.15, 0.2) is 0 Å². The molecule has 1 aliphatic rings. The summed E-state index contributed by atoms with van der Waals surface area (Å²) in [5, 5.41) is 11.4. The van der Waals surface area contributed by atoms with Gasteiger partial charge >= 0.3 is 6.11 Å². The second-order valence-electron chi connectivity index (χ2n) is 4.81. The van der Waals surface area contributed by atoms with Crippen LogP contribution in [-0.2, 0) is 9.59 Å². The van der Waals surface area contributed by atoms with Crippen molar-refractivity contribution in [2.75, 3.05) is 18.5 Å². The highest BCUT2D eigenvalue weighted by Crippen LogP contribution is 2.33. The van der Waals surface area contributed by atoms with Crippen LogP contribution in [0.2, 0.25) is 5.02 Å². The number of hydrogen-bond donors (Lipinski definition) is 2. The lowest BCUT2D eigenvalue weighted by Gasteiger charge is -2.19. The molecule has 2 amide bonds. The first-order chi connectivity index (χ1) is 11.7. The standard InChI is InChI=1S/C14H11Cl2F3N2O4/c15-8-2-1-7(25-14(18,19)13(16)17)5-9(8)20-10-6-11(23)21(3-4-22)12(10)24/h1-2,5-6,13,20,22H,3-4H2. The van der Waals surface area contributed by atoms with Crippen LogP contribution < -0.4 is 10.1 Å². The van der Waals surface area contributed by atoms with E-state index in [4.69, 9.17) is 28.3 Å². The Morgan fingerprint density at radius 1 is 1.36 bits per heavy atom. The van der Waals surface area contributed by atoms with Crippen molar-refractivity contribution >= 4 is 40.7 Å². The van der Waals surface area contributed by atoms with Crippen molar-refractivity contribution in [1.29, 1.82) is 0 Å². The molecule has 1 atom stereocenters. The van der Waals surface area contributed by atoms with Crippen molar-refractivity contribution in [3.63, 3.8) is 0 Å². The summed E-state index contributed by atoms with van der Waals surface area (Å²) in [6, 6.07) is 3.21. The maximum atomic E-state index is 13.2. The van der Waals surface area contributed by atoms with E-state index in [-0.39, 0.29) is 23.0 Å². The molecule has 1 aliphatic heterocycles. The van der Waals surface area contributed by atoms with E-state index < -0.39 is 35.9 Å². The fourth-order valence-corrected chi connectivity index (χ4v) is 2.13. The maximum Gasteiger partial charge on any atom is 0.444 e. The van der Waals surface area contributed by atoms with Gasteiger partial charge in [0.2, 0.25) is 0 Å². The Labute approximate surface area is 149 Å². The highest BCUT2D eigenvalue weighted by Gasteiger charge is 2.42. The number of amides is 2. The molecule has 1 heterocycles. The van der Waals surface area contributed by atoms with Crippen LogP contribution in [0.15, 0.2) is 30.0 Å². The molecular weight excluding hydrogens is 388 g/mol. The average Bonchev–Trinajstić information content (AvgIpc) is 2.78. The van der Waals surface area contributed by atoms with E-state index in [1.54, 1.807) is 0 Å². The number of imide groups is 1. The third kappa shape index (κ3) is 4.36. The lowest BCUT2D eigenvalue weighted by molar-refractivity contribution is -0.199. The molecule has 0 radical (unpaired) electrons. The van der Waals surface area contributed by atoms with Gasteiger partial charge in [-0.05, 0) is 12.1 Å². The van der Waals surface area contributed by atoms with Crippen LogP contribution in [0.25, 0.3) is 0 Å². The van der Waals surface area contributed by atoms with Crippen LogP contribution in [0, 0.1) is 0 Å². The molecule has 11 heteroatoms. The summed E-state index contributed by atoms with van der Waals surface area (Å²) in [4.78, 5) is 24.5. The number of anilines is 1. The predicted molar refractivity (Wildman–Crippen MR) is 83.3 cm³/mol. The SMILES string of the molecule is O=C1C=C(Nc2cc(OC(F)(F)C(F)Cl)ccc2Cl)C(=O)N1CCO. The van der Waals surface area contributed by atoms with E-state index in [1.807, 2.05) is 0 Å². The zero-order valence-electron chi connectivity index (χ0n) is 12.3. The zero-order valence-corrected chi connectivity index (χ0v) is 13.8. The van der Waals surface area contributed by atoms with Crippen LogP contribution in [0.5, 0.6) is 5.75 Å². The van der Waals surface area contributed by atoms with Gasteiger partial charge in [-0.3, -0.25) is 14.5 Å². The van der Waals surface area contributed by atoms with Crippen molar-refractivity contribution in [1.82, 2.24) is 4.90 Å². The molecule has 0 aliphatic carbocycles. The number of β-amino-alcohol motifs (C(OH)–C–C–N with tert-alkyl or cyclic N) is 1. The van der Waals surface area contributed by atoms with E-state index in [2.05, 4.69) is 10.1 Å². The third-order valence-electron chi connectivity index (χ3n) is 3.05. The minimum absolute atomic E-state index is 0.0279. The van der Waals surface area contributed by atoms with Gasteiger partial charge in [0.05, 0.1) is 23.9 Å². The summed E-state index contributed by atoms with van der Waals surface area (Å²) >= 11 is 10.6. The van der Waals surface area contributed by atoms with Gasteiger partial charge < -0.3 is 15.2 Å². The quantitative estimate of drug-likeness (QED) is 0.544. The number of ether oxygens (including phenoxy) is 1. The third-order valence-corrected chi connectivity index (χ3v) is 3.63. The van der Waals surface area contributed by atoms with Gasteiger partial charge in [0.1, 0.15) is 11.4 Å². The predicted octanol–water partition coefficient (Wildman–Crippen LogP) is 2.50. The molecule has 2 N–H and O–H groups in total. The monoisotopic (exact) mass is 398 g/mol. The summed E-state index contributed by atoms with van der Waals surface area (Å²) in [7, 11) is 0. The van der Waals surface area contributed by atoms with E-state index in [9.17, 15) is 22.8 Å². The number of carbonyl (C=O) groups is 2. The van der Waals surface area contributed by atoms with Crippen molar-refractivity contribution in [2.24, 2.45) is 0 Å². The normalized spacial score (nSPS) is 16.1. The van der Waals surface area contributed by atoms with E-state index >= 15 is 0 Å². The lowest BCUT2D eigenvalue weighted by atomic mass is 10.2. The summed E-state index contributed by atoms with van der Waals surface area (Å²) in [5.41, 5.74) is -3.27. The van der Waals surface area contributed by atoms with Crippen LogP contribution in [0.3, 0.4) is 0 Å². The first-order valence-corrected chi connectivity index (χ1v) is 7.57. The Bertz CT molecular complexity index is 728. The summed E-state index contributed by atoms with van der Waals surface area (Å²) in [6.07, 6.45) is -3.31. The molecule has 25 heavy (non-hydrogen) atoms. The average molecular weight is 399 g/mol. The fraction of sp³-hybridized carbons (Fsp3) is 0.286. The van der Waals surface area contributed by atoms with Crippen LogP contribution in [0.1, 0.15) is 0 Å². The molecule has 2 rings (SSSR count). The van der Waals surface area contributed by atoms with Crippen LogP contribution >= 0.6 is 23.2 Å². The Kier molecular flexibility index (Phi) is 5.81. The van der Waals surface area contributed by atoms with Crippen molar-refractivity contribution in [2.45, 2.75) is 11.7 Å². The molecule has 1 aromatic carbocycles. The van der Waals surface area contributed by atoms with Gasteiger partial charge in [0, 0.05) is 12.1 Å². The number of nitrogens with one attached hydrogen (secondary N) is 1. The van der Waals surface area contributed by atoms with E-state index in [0.29, 0.717) is 0 Å². The smallest absolute Gasteiger partial charge is 0.429 e. The van der Waals surface area contributed by atoms with Crippen molar-refractivity contribution in [3.05, 3.63) is 35.0 Å². The minimum atomic E-state index is -4.27. The Morgan fingerprint density at radius 2 is 2.04 bits per heavy atom. The zero-order chi connectivity index (χ0) is 18.8. The molecule has 6 nitrogen and oxygen atoms in total. The summed E-state index contributed by atoms with van der Waals surface area (Å²) < 4.78 is 43.2. The Balaban J connectivity index is 2.20. The highest BCUT2D eigenvalue weighted by atomic mass is 35.5. The number of hydrogen-bond acceptors (Lipinski definition) is 5. The van der Waals surface area contributed by atoms with Crippen LogP contribution in [0.4, 0.5) is 18.9 Å². The number of alkyl halides is 4. The summed E-state index contributed by atoms with van der Waals surface area (Å²) in [6.45, 7) is -0.614. The van der Waals surface area contributed by atoms with Gasteiger partial charge in [-0.25, -0.2) is 4.39 Å². The highest BCUT2D eigenvalue weighted by molar-refractivity contribution is 6.33. The second-order valence-corrected chi connectivity index (χ2v) is 5.60. The number of halogens is 5. The molecule has 0 aromatic heterocycles. The molecule has 136 valence electrons. The number of rotatable bonds is 7. The molecule has 1 aromatic rings. The minimum Gasteiger partial charge on any atom is -0.429 e. The largest absolute Gasteiger partial charge is 0.444 e. The first kappa shape index (κ1) is 19.4. The molecule has 0 saturated carbocycles. The molecule has 1 unspecified atom stereocenters. The first-order valence-electron chi connectivity index (χ1n) is 6.75. The number of nitrogens with zero attached hydrogens (tertiary/aromatic N) is 1. The van der Waals surface area contributed by atoms with Crippen LogP contribution in [-0.4, -0.2) is 46.7 Å². The van der Waals surface area contributed by atoms with Crippen molar-refractivity contribution < 1.29 is 32.6 Å². The molecule has 0 spiro atoms. The molecule has 0 saturated heterocycles. The number of benzene rings is 1. The van der Waals surface area contributed by atoms with Gasteiger partial charge in [-0.15, -0.1) is 0 Å². The van der Waals surface area contributed by atoms with Gasteiger partial charge in [-0.2, -0.15) is 8.78 Å². The molecule has 0 fully saturated rings. The lowest BCUT2D eigenvalue weighted by Crippen LogP contribution is -2.34. The molecule has 0 bridgehead atoms. The fourth-order valence-electron chi connectivity index (χ4n) is 1.92. The number of aliphatic hydroxyl groups excluding tert-OH is 1. The topological polar surface area (TPSA) is 78.9 Å². The maximum absolute atomic E-state index is 13.2. The van der Waals surface area contributed by atoms with Gasteiger partial charge in [0.25, 0.3) is 17.4 Å². The van der Waals surface area contributed by atoms with E-state index in [0.717, 1.165) is 23.1 Å². The number of carbonyl (C=O) groups excluding carboxylic acids is 2. The van der Waals surface area contributed by atoms with Crippen molar-refractivity contribution in [3.8, 4) is 5.75 Å². The molecular formula is C14H11Cl2F3N2O4.